The molecule has 5 nitrogen and oxygen atoms in total. The van der Waals surface area contributed by atoms with E-state index in [1.54, 1.807) is 13.2 Å². The van der Waals surface area contributed by atoms with E-state index in [9.17, 15) is 9.59 Å². The first-order valence-corrected chi connectivity index (χ1v) is 9.80. The number of rotatable bonds is 7. The highest BCUT2D eigenvalue weighted by Gasteiger charge is 2.17. The van der Waals surface area contributed by atoms with Crippen molar-refractivity contribution >= 4 is 11.7 Å². The molecule has 0 aromatic heterocycles. The summed E-state index contributed by atoms with van der Waals surface area (Å²) in [6.07, 6.45) is 2.50. The van der Waals surface area contributed by atoms with Gasteiger partial charge in [-0.1, -0.05) is 18.2 Å². The van der Waals surface area contributed by atoms with E-state index in [2.05, 4.69) is 10.2 Å². The summed E-state index contributed by atoms with van der Waals surface area (Å²) >= 11 is 0. The van der Waals surface area contributed by atoms with Gasteiger partial charge in [-0.25, -0.2) is 0 Å². The van der Waals surface area contributed by atoms with Gasteiger partial charge in [-0.05, 0) is 75.2 Å². The largest absolute Gasteiger partial charge is 0.496 e. The van der Waals surface area contributed by atoms with Crippen molar-refractivity contribution in [3.8, 4) is 16.9 Å². The molecule has 0 bridgehead atoms. The van der Waals surface area contributed by atoms with Crippen molar-refractivity contribution in [3.63, 3.8) is 0 Å². The third-order valence-corrected chi connectivity index (χ3v) is 5.17. The molecule has 0 aliphatic carbocycles. The van der Waals surface area contributed by atoms with Gasteiger partial charge in [0.25, 0.3) is 5.91 Å². The normalized spacial score (nSPS) is 15.2. The molecule has 148 valence electrons. The fourth-order valence-electron chi connectivity index (χ4n) is 3.68. The van der Waals surface area contributed by atoms with Crippen molar-refractivity contribution in [2.45, 2.75) is 32.7 Å². The molecule has 1 N–H and O–H groups in total. The van der Waals surface area contributed by atoms with Gasteiger partial charge in [0.05, 0.1) is 12.7 Å². The standard InChI is InChI=1S/C23H28N2O3/c1-16(15-25-12-4-5-13-25)24-23(27)19-8-6-18(7-9-19)20-10-11-22(28-3)21(14-20)17(2)26/h6-11,14,16H,4-5,12-13,15H2,1-3H3,(H,24,27)/t16-/m1/s1. The fraction of sp³-hybridized carbons (Fsp3) is 0.391. The summed E-state index contributed by atoms with van der Waals surface area (Å²) < 4.78 is 5.26. The third-order valence-electron chi connectivity index (χ3n) is 5.17. The topological polar surface area (TPSA) is 58.6 Å². The average Bonchev–Trinajstić information content (AvgIpc) is 3.20. The Kier molecular flexibility index (Phi) is 6.47. The lowest BCUT2D eigenvalue weighted by Gasteiger charge is -2.21. The molecule has 2 aromatic rings. The van der Waals surface area contributed by atoms with Gasteiger partial charge in [-0.2, -0.15) is 0 Å². The van der Waals surface area contributed by atoms with Gasteiger partial charge in [0, 0.05) is 18.2 Å². The van der Waals surface area contributed by atoms with Crippen LogP contribution in [0.3, 0.4) is 0 Å². The maximum absolute atomic E-state index is 12.5. The summed E-state index contributed by atoms with van der Waals surface area (Å²) in [4.78, 5) is 26.7. The second-order valence-electron chi connectivity index (χ2n) is 7.43. The molecular weight excluding hydrogens is 352 g/mol. The molecule has 3 rings (SSSR count). The van der Waals surface area contributed by atoms with E-state index in [4.69, 9.17) is 4.74 Å². The molecule has 5 heteroatoms. The highest BCUT2D eigenvalue weighted by atomic mass is 16.5. The number of Topliss-reactive ketones (excluding diaryl/α,β-unsaturated/α-hetero) is 1. The number of hydrogen-bond donors (Lipinski definition) is 1. The first-order valence-electron chi connectivity index (χ1n) is 9.80. The van der Waals surface area contributed by atoms with Crippen LogP contribution in [-0.2, 0) is 0 Å². The molecular formula is C23H28N2O3. The SMILES string of the molecule is COc1ccc(-c2ccc(C(=O)N[C@H](C)CN3CCCC3)cc2)cc1C(C)=O. The molecule has 1 fully saturated rings. The predicted molar refractivity (Wildman–Crippen MR) is 111 cm³/mol. The lowest BCUT2D eigenvalue weighted by Crippen LogP contribution is -2.41. The van der Waals surface area contributed by atoms with Gasteiger partial charge >= 0.3 is 0 Å². The highest BCUT2D eigenvalue weighted by molar-refractivity contribution is 5.98. The summed E-state index contributed by atoms with van der Waals surface area (Å²) in [6.45, 7) is 6.71. The molecule has 2 aromatic carbocycles. The number of nitrogens with zero attached hydrogens (tertiary/aromatic N) is 1. The molecule has 1 aliphatic rings. The van der Waals surface area contributed by atoms with E-state index in [1.165, 1.54) is 19.8 Å². The highest BCUT2D eigenvalue weighted by Crippen LogP contribution is 2.27. The minimum atomic E-state index is -0.0580. The number of likely N-dealkylation sites (tertiary alicyclic amines) is 1. The molecule has 0 spiro atoms. The van der Waals surface area contributed by atoms with Crippen molar-refractivity contribution < 1.29 is 14.3 Å². The quantitative estimate of drug-likeness (QED) is 0.743. The van der Waals surface area contributed by atoms with Gasteiger partial charge in [-0.15, -0.1) is 0 Å². The maximum atomic E-state index is 12.5. The maximum Gasteiger partial charge on any atom is 0.251 e. The summed E-state index contributed by atoms with van der Waals surface area (Å²) in [5.41, 5.74) is 3.06. The van der Waals surface area contributed by atoms with Crippen LogP contribution in [0.25, 0.3) is 11.1 Å². The lowest BCUT2D eigenvalue weighted by molar-refractivity contribution is 0.0931. The summed E-state index contributed by atoms with van der Waals surface area (Å²) in [5, 5.41) is 3.08. The van der Waals surface area contributed by atoms with Crippen LogP contribution in [-0.4, -0.2) is 49.4 Å². The third kappa shape index (κ3) is 4.78. The van der Waals surface area contributed by atoms with Crippen molar-refractivity contribution in [1.29, 1.82) is 0 Å². The zero-order chi connectivity index (χ0) is 20.1. The first kappa shape index (κ1) is 20.1. The van der Waals surface area contributed by atoms with Crippen molar-refractivity contribution in [2.24, 2.45) is 0 Å². The second-order valence-corrected chi connectivity index (χ2v) is 7.43. The van der Waals surface area contributed by atoms with Crippen LogP contribution in [0.1, 0.15) is 47.4 Å². The smallest absolute Gasteiger partial charge is 0.251 e. The van der Waals surface area contributed by atoms with Gasteiger partial charge in [0.1, 0.15) is 5.75 Å². The number of amides is 1. The van der Waals surface area contributed by atoms with E-state index in [0.29, 0.717) is 16.9 Å². The van der Waals surface area contributed by atoms with Gasteiger partial charge in [0.15, 0.2) is 5.78 Å². The Balaban J connectivity index is 1.68. The molecule has 1 atom stereocenters. The van der Waals surface area contributed by atoms with Crippen LogP contribution in [0.4, 0.5) is 0 Å². The Hall–Kier alpha value is -2.66. The van der Waals surface area contributed by atoms with E-state index in [-0.39, 0.29) is 17.7 Å². The molecule has 1 saturated heterocycles. The molecule has 0 unspecified atom stereocenters. The summed E-state index contributed by atoms with van der Waals surface area (Å²) in [6, 6.07) is 13.1. The minimum Gasteiger partial charge on any atom is -0.496 e. The predicted octanol–water partition coefficient (Wildman–Crippen LogP) is 3.78. The molecule has 1 amide bonds. The van der Waals surface area contributed by atoms with Gasteiger partial charge < -0.3 is 15.0 Å². The molecule has 1 heterocycles. The number of carbonyl (C=O) groups is 2. The number of methoxy groups -OCH3 is 1. The Morgan fingerprint density at radius 2 is 1.71 bits per heavy atom. The number of ketones is 1. The zero-order valence-electron chi connectivity index (χ0n) is 16.8. The van der Waals surface area contributed by atoms with Crippen LogP contribution < -0.4 is 10.1 Å². The van der Waals surface area contributed by atoms with Gasteiger partial charge in [-0.3, -0.25) is 9.59 Å². The molecule has 0 radical (unpaired) electrons. The number of nitrogens with one attached hydrogen (secondary N) is 1. The molecule has 1 aliphatic heterocycles. The lowest BCUT2D eigenvalue weighted by atomic mass is 9.99. The van der Waals surface area contributed by atoms with E-state index < -0.39 is 0 Å². The van der Waals surface area contributed by atoms with Crippen LogP contribution in [0.5, 0.6) is 5.75 Å². The number of benzene rings is 2. The van der Waals surface area contributed by atoms with Crippen LogP contribution in [0, 0.1) is 0 Å². The first-order chi connectivity index (χ1) is 13.5. The van der Waals surface area contributed by atoms with Crippen molar-refractivity contribution in [1.82, 2.24) is 10.2 Å². The summed E-state index contributed by atoms with van der Waals surface area (Å²) in [7, 11) is 1.56. The molecule has 0 saturated carbocycles. The van der Waals surface area contributed by atoms with E-state index >= 15 is 0 Å². The van der Waals surface area contributed by atoms with Gasteiger partial charge in [0.2, 0.25) is 0 Å². The number of carbonyl (C=O) groups excluding carboxylic acids is 2. The van der Waals surface area contributed by atoms with Crippen molar-refractivity contribution in [2.75, 3.05) is 26.7 Å². The zero-order valence-corrected chi connectivity index (χ0v) is 16.8. The van der Waals surface area contributed by atoms with E-state index in [0.717, 1.165) is 30.8 Å². The molecule has 28 heavy (non-hydrogen) atoms. The Bertz CT molecular complexity index is 839. The van der Waals surface area contributed by atoms with Crippen LogP contribution >= 0.6 is 0 Å². The Labute approximate surface area is 166 Å². The average molecular weight is 380 g/mol. The van der Waals surface area contributed by atoms with Crippen LogP contribution in [0.15, 0.2) is 42.5 Å². The fourth-order valence-corrected chi connectivity index (χ4v) is 3.68. The number of ether oxygens (including phenoxy) is 1. The monoisotopic (exact) mass is 380 g/mol. The number of hydrogen-bond acceptors (Lipinski definition) is 4. The minimum absolute atomic E-state index is 0.0401. The van der Waals surface area contributed by atoms with Crippen LogP contribution in [0.2, 0.25) is 0 Å². The Morgan fingerprint density at radius 1 is 1.07 bits per heavy atom. The Morgan fingerprint density at radius 3 is 2.32 bits per heavy atom. The van der Waals surface area contributed by atoms with E-state index in [1.807, 2.05) is 43.3 Å². The summed E-state index contributed by atoms with van der Waals surface area (Å²) in [5.74, 6) is 0.471. The van der Waals surface area contributed by atoms with Crippen molar-refractivity contribution in [3.05, 3.63) is 53.6 Å². The second kappa shape index (κ2) is 9.02.